The van der Waals surface area contributed by atoms with Gasteiger partial charge in [0.25, 0.3) is 0 Å². The van der Waals surface area contributed by atoms with Crippen molar-refractivity contribution < 1.29 is 0 Å². The van der Waals surface area contributed by atoms with E-state index >= 15 is 0 Å². The van der Waals surface area contributed by atoms with Gasteiger partial charge in [0.15, 0.2) is 0 Å². The van der Waals surface area contributed by atoms with Crippen molar-refractivity contribution in [2.75, 3.05) is 0 Å². The van der Waals surface area contributed by atoms with Crippen LogP contribution in [-0.4, -0.2) is 0 Å². The van der Waals surface area contributed by atoms with Crippen LogP contribution in [0.5, 0.6) is 0 Å². The quantitative estimate of drug-likeness (QED) is 0.157. The maximum absolute atomic E-state index is 2.46. The van der Waals surface area contributed by atoms with E-state index in [9.17, 15) is 0 Å². The molecule has 0 unspecified atom stereocenters. The van der Waals surface area contributed by atoms with Crippen LogP contribution in [-0.2, 0) is 5.41 Å². The number of hydrogen-bond acceptors (Lipinski definition) is 2. The molecule has 2 aromatic heterocycles. The van der Waals surface area contributed by atoms with E-state index in [1.165, 1.54) is 128 Å². The summed E-state index contributed by atoms with van der Waals surface area (Å²) in [5.41, 5.74) is 13.3. The van der Waals surface area contributed by atoms with E-state index in [1.807, 2.05) is 22.7 Å². The summed E-state index contributed by atoms with van der Waals surface area (Å²) < 4.78 is 5.40. The van der Waals surface area contributed by atoms with Crippen molar-refractivity contribution in [3.05, 3.63) is 193 Å². The third-order valence-corrected chi connectivity index (χ3v) is 15.6. The van der Waals surface area contributed by atoms with Gasteiger partial charge in [-0.3, -0.25) is 0 Å². The molecule has 2 heterocycles. The van der Waals surface area contributed by atoms with Gasteiger partial charge >= 0.3 is 0 Å². The van der Waals surface area contributed by atoms with E-state index in [2.05, 4.69) is 196 Å². The van der Waals surface area contributed by atoms with E-state index in [4.69, 9.17) is 0 Å². The van der Waals surface area contributed by atoms with Crippen molar-refractivity contribution in [2.24, 2.45) is 0 Å². The molecule has 0 fully saturated rings. The van der Waals surface area contributed by atoms with Gasteiger partial charge in [-0.25, -0.2) is 0 Å². The largest absolute Gasteiger partial charge is 0.135 e. The summed E-state index contributed by atoms with van der Waals surface area (Å²) in [5.74, 6) is 0. The second-order valence-electron chi connectivity index (χ2n) is 16.7. The SMILES string of the molecule is CC1(C)c2ccccc2-c2ccc3sc4c(-c5ccc(-c6c7ccccc7c(-c7cccc8c7sc7ccccc78)c7ccccc67)cc5)c5ccccc5cc4c3c21. The zero-order chi connectivity index (χ0) is 39.0. The Morgan fingerprint density at radius 2 is 0.915 bits per heavy atom. The van der Waals surface area contributed by atoms with E-state index in [0.717, 1.165) is 0 Å². The zero-order valence-electron chi connectivity index (χ0n) is 32.6. The van der Waals surface area contributed by atoms with Gasteiger partial charge in [-0.15, -0.1) is 22.7 Å². The molecule has 0 nitrogen and oxygen atoms in total. The fourth-order valence-electron chi connectivity index (χ4n) is 10.7. The Kier molecular flexibility index (Phi) is 6.92. The molecule has 0 spiro atoms. The smallest absolute Gasteiger partial charge is 0.0440 e. The fraction of sp³-hybridized carbons (Fsp3) is 0.0526. The highest BCUT2D eigenvalue weighted by Gasteiger charge is 2.37. The number of hydrogen-bond donors (Lipinski definition) is 0. The molecule has 59 heavy (non-hydrogen) atoms. The van der Waals surface area contributed by atoms with Crippen LogP contribution in [0.3, 0.4) is 0 Å². The van der Waals surface area contributed by atoms with Crippen LogP contribution in [0.1, 0.15) is 25.0 Å². The molecular weight excluding hydrogens is 749 g/mol. The molecule has 276 valence electrons. The molecule has 0 N–H and O–H groups in total. The second kappa shape index (κ2) is 12.2. The molecule has 2 heteroatoms. The normalized spacial score (nSPS) is 13.4. The topological polar surface area (TPSA) is 0 Å². The second-order valence-corrected chi connectivity index (χ2v) is 18.8. The van der Waals surface area contributed by atoms with E-state index in [-0.39, 0.29) is 5.41 Å². The molecule has 1 aliphatic carbocycles. The highest BCUT2D eigenvalue weighted by Crippen LogP contribution is 2.56. The average molecular weight is 785 g/mol. The van der Waals surface area contributed by atoms with Crippen LogP contribution in [0, 0.1) is 0 Å². The van der Waals surface area contributed by atoms with Crippen LogP contribution < -0.4 is 0 Å². The van der Waals surface area contributed by atoms with Crippen molar-refractivity contribution in [1.29, 1.82) is 0 Å². The van der Waals surface area contributed by atoms with Gasteiger partial charge in [-0.05, 0) is 95.0 Å². The molecule has 0 aliphatic heterocycles. The van der Waals surface area contributed by atoms with Crippen molar-refractivity contribution >= 4 is 95.3 Å². The van der Waals surface area contributed by atoms with Gasteiger partial charge in [0.2, 0.25) is 0 Å². The number of thiophene rings is 2. The summed E-state index contributed by atoms with van der Waals surface area (Å²) in [4.78, 5) is 0. The van der Waals surface area contributed by atoms with E-state index in [0.29, 0.717) is 0 Å². The zero-order valence-corrected chi connectivity index (χ0v) is 34.3. The molecule has 0 atom stereocenters. The van der Waals surface area contributed by atoms with E-state index in [1.54, 1.807) is 0 Å². The molecule has 0 amide bonds. The maximum Gasteiger partial charge on any atom is 0.0440 e. The Morgan fingerprint density at radius 1 is 0.356 bits per heavy atom. The predicted octanol–water partition coefficient (Wildman–Crippen LogP) is 17.2. The van der Waals surface area contributed by atoms with Gasteiger partial charge in [0.05, 0.1) is 0 Å². The Morgan fingerprint density at radius 3 is 1.66 bits per heavy atom. The number of fused-ring (bicyclic) bond motifs is 13. The Labute approximate surface area is 350 Å². The van der Waals surface area contributed by atoms with Crippen LogP contribution in [0.4, 0.5) is 0 Å². The summed E-state index contributed by atoms with van der Waals surface area (Å²) in [5, 5.41) is 13.1. The van der Waals surface area contributed by atoms with E-state index < -0.39 is 0 Å². The van der Waals surface area contributed by atoms with Gasteiger partial charge < -0.3 is 0 Å². The monoisotopic (exact) mass is 784 g/mol. The highest BCUT2D eigenvalue weighted by molar-refractivity contribution is 7.27. The number of benzene rings is 10. The molecule has 0 saturated carbocycles. The Balaban J connectivity index is 1.03. The van der Waals surface area contributed by atoms with Crippen molar-refractivity contribution in [3.8, 4) is 44.5 Å². The Hall–Kier alpha value is -6.58. The van der Waals surface area contributed by atoms with Crippen molar-refractivity contribution in [3.63, 3.8) is 0 Å². The first-order valence-corrected chi connectivity index (χ1v) is 22.1. The minimum atomic E-state index is -0.0849. The molecule has 0 saturated heterocycles. The summed E-state index contributed by atoms with van der Waals surface area (Å²) in [6.45, 7) is 4.82. The van der Waals surface area contributed by atoms with Crippen molar-refractivity contribution in [1.82, 2.24) is 0 Å². The lowest BCUT2D eigenvalue weighted by Crippen LogP contribution is -2.15. The van der Waals surface area contributed by atoms with Crippen molar-refractivity contribution in [2.45, 2.75) is 19.3 Å². The van der Waals surface area contributed by atoms with Crippen LogP contribution in [0.2, 0.25) is 0 Å². The molecule has 12 aromatic rings. The van der Waals surface area contributed by atoms with Gasteiger partial charge in [-0.2, -0.15) is 0 Å². The lowest BCUT2D eigenvalue weighted by Gasteiger charge is -2.22. The third-order valence-electron chi connectivity index (χ3n) is 13.2. The first kappa shape index (κ1) is 33.4. The third kappa shape index (κ3) is 4.59. The molecule has 13 rings (SSSR count). The average Bonchev–Trinajstić information content (AvgIpc) is 3.92. The van der Waals surface area contributed by atoms with Crippen LogP contribution in [0.25, 0.3) is 117 Å². The molecular formula is C57H36S2. The predicted molar refractivity (Wildman–Crippen MR) is 259 cm³/mol. The first-order valence-electron chi connectivity index (χ1n) is 20.5. The summed E-state index contributed by atoms with van der Waals surface area (Å²) in [6.07, 6.45) is 0. The van der Waals surface area contributed by atoms with Gasteiger partial charge in [0.1, 0.15) is 0 Å². The summed E-state index contributed by atoms with van der Waals surface area (Å²) in [6, 6.07) is 68.4. The maximum atomic E-state index is 2.46. The van der Waals surface area contributed by atoms with Gasteiger partial charge in [-0.1, -0.05) is 178 Å². The minimum absolute atomic E-state index is 0.0849. The molecule has 0 bridgehead atoms. The molecule has 0 radical (unpaired) electrons. The number of rotatable bonds is 3. The van der Waals surface area contributed by atoms with Gasteiger partial charge in [0, 0.05) is 56.9 Å². The summed E-state index contributed by atoms with van der Waals surface area (Å²) in [7, 11) is 0. The molecule has 1 aliphatic rings. The molecule has 10 aromatic carbocycles. The summed E-state index contributed by atoms with van der Waals surface area (Å²) >= 11 is 3.86. The fourth-order valence-corrected chi connectivity index (χ4v) is 13.2. The van der Waals surface area contributed by atoms with Crippen LogP contribution in [0.15, 0.2) is 182 Å². The minimum Gasteiger partial charge on any atom is -0.135 e. The highest BCUT2D eigenvalue weighted by atomic mass is 32.1. The Bertz CT molecular complexity index is 3690. The lowest BCUT2D eigenvalue weighted by molar-refractivity contribution is 0.667. The van der Waals surface area contributed by atoms with Crippen LogP contribution >= 0.6 is 22.7 Å². The standard InChI is InChI=1S/C57H36S2/c1-57(2)47-24-11-9-16-37(47)43-30-31-49-53(54(43)57)46-32-35-14-3-4-15-36(35)51(56(46)59-49)34-28-26-33(27-29-34)50-39-18-5-7-20-41(39)52(42-21-8-6-19-40(42)50)45-23-13-22-44-38-17-10-12-25-48(38)58-55(44)45/h3-32H,1-2H3. The first-order chi connectivity index (χ1) is 29.0. The lowest BCUT2D eigenvalue weighted by atomic mass is 9.80.